The lowest BCUT2D eigenvalue weighted by Gasteiger charge is -2.11. The van der Waals surface area contributed by atoms with Gasteiger partial charge in [0, 0.05) is 47.3 Å². The lowest BCUT2D eigenvalue weighted by atomic mass is 10.0. The summed E-state index contributed by atoms with van der Waals surface area (Å²) in [7, 11) is 0. The SMILES string of the molecule is CC(C)Nc1cncc(-c2ccc3[nH]nc(-c4nc5c(-c6ccncc6)cccc5[nH]4)c3c2)c1. The Morgan fingerprint density at radius 2 is 1.71 bits per heavy atom. The van der Waals surface area contributed by atoms with E-state index in [1.165, 1.54) is 0 Å². The zero-order chi connectivity index (χ0) is 23.1. The van der Waals surface area contributed by atoms with Gasteiger partial charge in [0.2, 0.25) is 0 Å². The Balaban J connectivity index is 1.45. The van der Waals surface area contributed by atoms with Gasteiger partial charge in [-0.25, -0.2) is 4.98 Å². The number of benzene rings is 2. The molecule has 3 N–H and O–H groups in total. The van der Waals surface area contributed by atoms with Crippen molar-refractivity contribution in [2.75, 3.05) is 5.32 Å². The topological polar surface area (TPSA) is 95.2 Å². The van der Waals surface area contributed by atoms with Crippen molar-refractivity contribution in [3.63, 3.8) is 0 Å². The van der Waals surface area contributed by atoms with Crippen molar-refractivity contribution < 1.29 is 0 Å². The molecular formula is C27H23N7. The van der Waals surface area contributed by atoms with Crippen molar-refractivity contribution in [2.45, 2.75) is 19.9 Å². The van der Waals surface area contributed by atoms with Crippen molar-refractivity contribution in [2.24, 2.45) is 0 Å². The highest BCUT2D eigenvalue weighted by molar-refractivity contribution is 5.98. The van der Waals surface area contributed by atoms with Gasteiger partial charge in [0.05, 0.1) is 22.2 Å². The van der Waals surface area contributed by atoms with Crippen LogP contribution < -0.4 is 5.32 Å². The first-order valence-electron chi connectivity index (χ1n) is 11.3. The summed E-state index contributed by atoms with van der Waals surface area (Å²) in [5, 5.41) is 12.2. The monoisotopic (exact) mass is 445 g/mol. The number of nitrogens with one attached hydrogen (secondary N) is 3. The predicted molar refractivity (Wildman–Crippen MR) is 136 cm³/mol. The second-order valence-corrected chi connectivity index (χ2v) is 8.62. The molecule has 0 unspecified atom stereocenters. The third kappa shape index (κ3) is 3.57. The number of fused-ring (bicyclic) bond motifs is 2. The minimum atomic E-state index is 0.338. The fraction of sp³-hybridized carbons (Fsp3) is 0.111. The molecule has 6 aromatic rings. The van der Waals surface area contributed by atoms with E-state index in [1.807, 2.05) is 36.7 Å². The van der Waals surface area contributed by atoms with Crippen molar-refractivity contribution >= 4 is 27.6 Å². The molecule has 0 aliphatic rings. The molecule has 2 aromatic carbocycles. The van der Waals surface area contributed by atoms with Crippen molar-refractivity contribution in [1.29, 1.82) is 0 Å². The molecule has 6 rings (SSSR count). The lowest BCUT2D eigenvalue weighted by Crippen LogP contribution is -2.09. The molecule has 34 heavy (non-hydrogen) atoms. The van der Waals surface area contributed by atoms with Crippen molar-refractivity contribution in [3.05, 3.63) is 79.4 Å². The zero-order valence-corrected chi connectivity index (χ0v) is 18.9. The van der Waals surface area contributed by atoms with Crippen LogP contribution in [0.1, 0.15) is 13.8 Å². The Hall–Kier alpha value is -4.52. The van der Waals surface area contributed by atoms with Gasteiger partial charge >= 0.3 is 0 Å². The number of anilines is 1. The number of aromatic amines is 2. The Kier molecular flexibility index (Phi) is 4.80. The molecule has 0 aliphatic carbocycles. The molecular weight excluding hydrogens is 422 g/mol. The summed E-state index contributed by atoms with van der Waals surface area (Å²) >= 11 is 0. The summed E-state index contributed by atoms with van der Waals surface area (Å²) in [5.41, 5.74) is 8.88. The van der Waals surface area contributed by atoms with E-state index in [1.54, 1.807) is 12.4 Å². The van der Waals surface area contributed by atoms with Gasteiger partial charge in [-0.3, -0.25) is 15.1 Å². The molecule has 0 amide bonds. The van der Waals surface area contributed by atoms with Gasteiger partial charge in [0.1, 0.15) is 5.69 Å². The normalized spacial score (nSPS) is 11.5. The number of H-pyrrole nitrogens is 2. The second-order valence-electron chi connectivity index (χ2n) is 8.62. The van der Waals surface area contributed by atoms with E-state index < -0.39 is 0 Å². The van der Waals surface area contributed by atoms with Crippen LogP contribution in [-0.4, -0.2) is 36.2 Å². The quantitative estimate of drug-likeness (QED) is 0.300. The van der Waals surface area contributed by atoms with Gasteiger partial charge < -0.3 is 10.3 Å². The third-order valence-corrected chi connectivity index (χ3v) is 5.82. The van der Waals surface area contributed by atoms with Gasteiger partial charge in [-0.05, 0) is 61.4 Å². The van der Waals surface area contributed by atoms with E-state index in [0.717, 1.165) is 61.4 Å². The number of imidazole rings is 1. The summed E-state index contributed by atoms with van der Waals surface area (Å²) in [5.74, 6) is 0.730. The maximum atomic E-state index is 4.95. The highest BCUT2D eigenvalue weighted by Crippen LogP contribution is 2.33. The maximum absolute atomic E-state index is 4.95. The lowest BCUT2D eigenvalue weighted by molar-refractivity contribution is 0.898. The highest BCUT2D eigenvalue weighted by atomic mass is 15.1. The second kappa shape index (κ2) is 8.12. The van der Waals surface area contributed by atoms with Crippen LogP contribution in [0.2, 0.25) is 0 Å². The molecule has 0 radical (unpaired) electrons. The fourth-order valence-electron chi connectivity index (χ4n) is 4.29. The van der Waals surface area contributed by atoms with Crippen LogP contribution in [0.3, 0.4) is 0 Å². The van der Waals surface area contributed by atoms with Crippen molar-refractivity contribution in [3.8, 4) is 33.8 Å². The molecule has 0 bridgehead atoms. The van der Waals surface area contributed by atoms with Gasteiger partial charge in [0.25, 0.3) is 0 Å². The summed E-state index contributed by atoms with van der Waals surface area (Å²) in [4.78, 5) is 17.0. The first-order valence-corrected chi connectivity index (χ1v) is 11.3. The van der Waals surface area contributed by atoms with Crippen LogP contribution in [0.25, 0.3) is 55.7 Å². The Bertz CT molecular complexity index is 1610. The summed E-state index contributed by atoms with van der Waals surface area (Å²) < 4.78 is 0. The van der Waals surface area contributed by atoms with E-state index in [2.05, 4.69) is 74.6 Å². The molecule has 4 heterocycles. The number of pyridine rings is 2. The molecule has 0 atom stereocenters. The number of rotatable bonds is 5. The van der Waals surface area contributed by atoms with E-state index in [0.29, 0.717) is 6.04 Å². The van der Waals surface area contributed by atoms with Crippen LogP contribution in [0, 0.1) is 0 Å². The number of hydrogen-bond donors (Lipinski definition) is 3. The first-order chi connectivity index (χ1) is 16.7. The van der Waals surface area contributed by atoms with E-state index >= 15 is 0 Å². The van der Waals surface area contributed by atoms with Gasteiger partial charge in [-0.1, -0.05) is 18.2 Å². The van der Waals surface area contributed by atoms with Crippen LogP contribution >= 0.6 is 0 Å². The van der Waals surface area contributed by atoms with Crippen LogP contribution in [-0.2, 0) is 0 Å². The number of aromatic nitrogens is 6. The average molecular weight is 446 g/mol. The molecule has 0 spiro atoms. The zero-order valence-electron chi connectivity index (χ0n) is 18.9. The largest absolute Gasteiger partial charge is 0.382 e. The van der Waals surface area contributed by atoms with Gasteiger partial charge in [0.15, 0.2) is 5.82 Å². The van der Waals surface area contributed by atoms with E-state index in [9.17, 15) is 0 Å². The third-order valence-electron chi connectivity index (χ3n) is 5.82. The minimum absolute atomic E-state index is 0.338. The maximum Gasteiger partial charge on any atom is 0.159 e. The molecule has 0 saturated heterocycles. The average Bonchev–Trinajstić information content (AvgIpc) is 3.48. The van der Waals surface area contributed by atoms with E-state index in [-0.39, 0.29) is 0 Å². The Morgan fingerprint density at radius 3 is 2.56 bits per heavy atom. The molecule has 7 heteroatoms. The fourth-order valence-corrected chi connectivity index (χ4v) is 4.29. The molecule has 0 saturated carbocycles. The number of hydrogen-bond acceptors (Lipinski definition) is 5. The highest BCUT2D eigenvalue weighted by Gasteiger charge is 2.16. The van der Waals surface area contributed by atoms with Crippen LogP contribution in [0.5, 0.6) is 0 Å². The molecule has 166 valence electrons. The minimum Gasteiger partial charge on any atom is -0.382 e. The number of para-hydroxylation sites is 1. The smallest absolute Gasteiger partial charge is 0.159 e. The number of nitrogens with zero attached hydrogens (tertiary/aromatic N) is 4. The summed E-state index contributed by atoms with van der Waals surface area (Å²) in [6, 6.07) is 18.9. The van der Waals surface area contributed by atoms with Crippen molar-refractivity contribution in [1.82, 2.24) is 30.1 Å². The molecule has 0 aliphatic heterocycles. The summed E-state index contributed by atoms with van der Waals surface area (Å²) in [6.45, 7) is 4.23. The van der Waals surface area contributed by atoms with Gasteiger partial charge in [-0.2, -0.15) is 5.10 Å². The molecule has 0 fully saturated rings. The van der Waals surface area contributed by atoms with Crippen LogP contribution in [0.4, 0.5) is 5.69 Å². The van der Waals surface area contributed by atoms with Gasteiger partial charge in [-0.15, -0.1) is 0 Å². The Morgan fingerprint density at radius 1 is 0.824 bits per heavy atom. The predicted octanol–water partition coefficient (Wildman–Crippen LogP) is 6.05. The van der Waals surface area contributed by atoms with Crippen LogP contribution in [0.15, 0.2) is 79.4 Å². The first kappa shape index (κ1) is 20.1. The van der Waals surface area contributed by atoms with E-state index in [4.69, 9.17) is 4.98 Å². The standard InChI is InChI=1S/C27H23N7/c1-16(2)30-20-12-19(14-29-15-20)18-6-7-23-22(13-18)26(34-33-23)27-31-24-5-3-4-21(25(24)32-27)17-8-10-28-11-9-17/h3-16,30H,1-2H3,(H,31,32)(H,33,34). The summed E-state index contributed by atoms with van der Waals surface area (Å²) in [6.07, 6.45) is 7.32. The molecule has 4 aromatic heterocycles. The Labute approximate surface area is 196 Å². The molecule has 7 nitrogen and oxygen atoms in total.